The monoisotopic (exact) mass is 695 g/mol. The number of hydrogen-bond donors (Lipinski definition) is 1. The normalized spacial score (nSPS) is 25.5. The van der Waals surface area contributed by atoms with Gasteiger partial charge in [0, 0.05) is 36.9 Å². The number of halogens is 4. The van der Waals surface area contributed by atoms with Gasteiger partial charge in [-0.1, -0.05) is 17.7 Å². The van der Waals surface area contributed by atoms with E-state index in [9.17, 15) is 19.3 Å². The van der Waals surface area contributed by atoms with Crippen molar-refractivity contribution in [3.63, 3.8) is 0 Å². The molecule has 2 unspecified atom stereocenters. The van der Waals surface area contributed by atoms with E-state index in [4.69, 9.17) is 36.5 Å². The Morgan fingerprint density at radius 3 is 2.85 bits per heavy atom. The smallest absolute Gasteiger partial charge is 0.319 e. The number of rotatable bonds is 4. The second-order valence-corrected chi connectivity index (χ2v) is 14.2. The Labute approximate surface area is 282 Å². The van der Waals surface area contributed by atoms with Gasteiger partial charge in [0.1, 0.15) is 41.0 Å². The Morgan fingerprint density at radius 1 is 1.19 bits per heavy atom. The number of nitriles is 2. The van der Waals surface area contributed by atoms with Crippen LogP contribution in [0.15, 0.2) is 12.1 Å². The number of aromatic nitrogens is 2. The number of nitrogens with two attached hydrogens (primary N) is 1. The highest BCUT2D eigenvalue weighted by atomic mass is 35.5. The van der Waals surface area contributed by atoms with Crippen LogP contribution in [0.1, 0.15) is 31.2 Å². The molecule has 248 valence electrons. The molecule has 4 atom stereocenters. The summed E-state index contributed by atoms with van der Waals surface area (Å²) in [4.78, 5) is 13.4. The predicted molar refractivity (Wildman–Crippen MR) is 174 cm³/mol. The molecule has 2 N–H and O–H groups in total. The van der Waals surface area contributed by atoms with Crippen molar-refractivity contribution in [3.8, 4) is 35.0 Å². The van der Waals surface area contributed by atoms with Crippen LogP contribution in [-0.2, 0) is 4.74 Å². The number of alkyl halides is 1. The quantitative estimate of drug-likeness (QED) is 0.272. The van der Waals surface area contributed by atoms with E-state index in [1.807, 2.05) is 11.0 Å². The largest absolute Gasteiger partial charge is 0.491 e. The Morgan fingerprint density at radius 2 is 2.04 bits per heavy atom. The summed E-state index contributed by atoms with van der Waals surface area (Å²) in [6, 6.07) is 6.44. The maximum Gasteiger partial charge on any atom is 0.319 e. The second kappa shape index (κ2) is 11.8. The minimum Gasteiger partial charge on any atom is -0.491 e. The van der Waals surface area contributed by atoms with Gasteiger partial charge in [-0.3, -0.25) is 4.90 Å². The maximum absolute atomic E-state index is 17.2. The Balaban J connectivity index is 1.37. The van der Waals surface area contributed by atoms with Crippen molar-refractivity contribution in [2.24, 2.45) is 5.92 Å². The van der Waals surface area contributed by atoms with Gasteiger partial charge in [-0.05, 0) is 31.0 Å². The number of nitrogen functional groups attached to an aromatic ring is 1. The van der Waals surface area contributed by atoms with Gasteiger partial charge in [0.15, 0.2) is 11.6 Å². The van der Waals surface area contributed by atoms with Crippen LogP contribution < -0.4 is 20.1 Å². The van der Waals surface area contributed by atoms with Gasteiger partial charge >= 0.3 is 6.01 Å². The van der Waals surface area contributed by atoms with Crippen molar-refractivity contribution < 1.29 is 27.4 Å². The number of ether oxygens (including phenoxy) is 3. The lowest BCUT2D eigenvalue weighted by Gasteiger charge is -2.35. The third-order valence-corrected chi connectivity index (χ3v) is 11.4. The lowest BCUT2D eigenvalue weighted by Crippen LogP contribution is -2.44. The molecule has 2 aromatic carbocycles. The van der Waals surface area contributed by atoms with Crippen molar-refractivity contribution in [2.45, 2.75) is 43.4 Å². The maximum atomic E-state index is 17.2. The minimum absolute atomic E-state index is 0.00843. The van der Waals surface area contributed by atoms with Crippen molar-refractivity contribution in [2.75, 3.05) is 56.7 Å². The van der Waals surface area contributed by atoms with Gasteiger partial charge in [0.25, 0.3) is 0 Å². The Hall–Kier alpha value is -4.08. The van der Waals surface area contributed by atoms with Gasteiger partial charge in [0.05, 0.1) is 64.1 Å². The first-order chi connectivity index (χ1) is 23.2. The third-order valence-electron chi connectivity index (χ3n) is 10.0. The first-order valence-corrected chi connectivity index (χ1v) is 16.9. The number of anilines is 2. The van der Waals surface area contributed by atoms with Gasteiger partial charge in [0.2, 0.25) is 0 Å². The molecule has 0 aliphatic carbocycles. The molecule has 0 bridgehead atoms. The highest BCUT2D eigenvalue weighted by Gasteiger charge is 2.49. The van der Waals surface area contributed by atoms with E-state index in [-0.39, 0.29) is 104 Å². The number of hydrogen-bond acceptors (Lipinski definition) is 11. The molecular weight excluding hydrogens is 667 g/mol. The number of benzene rings is 2. The molecule has 0 amide bonds. The highest BCUT2D eigenvalue weighted by Crippen LogP contribution is 2.51. The zero-order chi connectivity index (χ0) is 33.3. The number of thiophene rings is 1. The van der Waals surface area contributed by atoms with Crippen LogP contribution in [0.5, 0.6) is 11.8 Å². The zero-order valence-corrected chi connectivity index (χ0v) is 27.1. The highest BCUT2D eigenvalue weighted by molar-refractivity contribution is 7.23. The van der Waals surface area contributed by atoms with Crippen molar-refractivity contribution in [3.05, 3.63) is 34.4 Å². The molecule has 4 aliphatic rings. The molecule has 3 fully saturated rings. The summed E-state index contributed by atoms with van der Waals surface area (Å²) in [6.07, 6.45) is 1.48. The van der Waals surface area contributed by atoms with Gasteiger partial charge in [-0.15, -0.1) is 11.3 Å². The van der Waals surface area contributed by atoms with Crippen molar-refractivity contribution in [1.29, 1.82) is 10.5 Å². The number of fused-ring (bicyclic) bond motifs is 4. The molecule has 0 spiro atoms. The van der Waals surface area contributed by atoms with E-state index in [1.54, 1.807) is 0 Å². The first-order valence-electron chi connectivity index (χ1n) is 15.8. The molecule has 3 saturated heterocycles. The molecular formula is C33H29ClF3N7O3S. The summed E-state index contributed by atoms with van der Waals surface area (Å²) in [5.41, 5.74) is 5.42. The molecule has 4 aromatic rings. The fourth-order valence-electron chi connectivity index (χ4n) is 7.78. The van der Waals surface area contributed by atoms with E-state index in [1.165, 1.54) is 12.1 Å². The summed E-state index contributed by atoms with van der Waals surface area (Å²) < 4.78 is 65.2. The topological polar surface area (TPSA) is 134 Å². The van der Waals surface area contributed by atoms with Gasteiger partial charge in [-0.2, -0.15) is 20.5 Å². The third kappa shape index (κ3) is 4.80. The van der Waals surface area contributed by atoms with Crippen LogP contribution in [-0.4, -0.2) is 78.7 Å². The zero-order valence-electron chi connectivity index (χ0n) is 25.6. The fourth-order valence-corrected chi connectivity index (χ4v) is 9.07. The van der Waals surface area contributed by atoms with E-state index >= 15 is 4.39 Å². The molecule has 8 rings (SSSR count). The van der Waals surface area contributed by atoms with Crippen LogP contribution in [0.3, 0.4) is 0 Å². The standard InChI is InChI=1S/C33H29ClF3N7O3S/c34-25-23(19-2-3-21(36)29-22(19)20(10-39)30(40)48-29)26(37)27-24-28(25)46-7-4-18-14-45-13-16(9-38)11-44(18)31(24)42-32(41-27)47-15-33-5-1-6-43(33)12-17(35)8-33/h2-3,16-18H,1,4-8,11-15,40H2/t16?,17-,18?,33+/m1/s1. The lowest BCUT2D eigenvalue weighted by atomic mass is 9.95. The number of nitrogens with zero attached hydrogens (tertiary/aromatic N) is 6. The van der Waals surface area contributed by atoms with Crippen LogP contribution in [0.2, 0.25) is 5.02 Å². The van der Waals surface area contributed by atoms with E-state index in [2.05, 4.69) is 16.0 Å². The van der Waals surface area contributed by atoms with Gasteiger partial charge < -0.3 is 24.8 Å². The van der Waals surface area contributed by atoms with Crippen LogP contribution >= 0.6 is 22.9 Å². The SMILES string of the molecule is N#Cc1c(N)sc2c(F)ccc(-c3c(Cl)c4c5c(nc(OC[C@@]67CCCN6C[C@H](F)C7)nc5c3F)N3CC(C#N)COCC3CCO4)c12. The molecule has 0 saturated carbocycles. The average Bonchev–Trinajstić information content (AvgIpc) is 3.66. The molecule has 6 heterocycles. The van der Waals surface area contributed by atoms with E-state index in [0.717, 1.165) is 30.7 Å². The van der Waals surface area contributed by atoms with Crippen molar-refractivity contribution >= 4 is 54.7 Å². The predicted octanol–water partition coefficient (Wildman–Crippen LogP) is 5.98. The summed E-state index contributed by atoms with van der Waals surface area (Å²) in [6.45, 7) is 2.13. The molecule has 15 heteroatoms. The molecule has 2 aromatic heterocycles. The molecule has 48 heavy (non-hydrogen) atoms. The Kier molecular flexibility index (Phi) is 7.68. The summed E-state index contributed by atoms with van der Waals surface area (Å²) in [7, 11) is 0. The fraction of sp³-hybridized carbons (Fsp3) is 0.455. The lowest BCUT2D eigenvalue weighted by molar-refractivity contribution is 0.107. The van der Waals surface area contributed by atoms with Crippen LogP contribution in [0.25, 0.3) is 32.1 Å². The molecule has 0 radical (unpaired) electrons. The average molecular weight is 696 g/mol. The van der Waals surface area contributed by atoms with Crippen LogP contribution in [0, 0.1) is 40.2 Å². The first kappa shape index (κ1) is 31.2. The summed E-state index contributed by atoms with van der Waals surface area (Å²) in [5.74, 6) is -1.59. The molecule has 4 aliphatic heterocycles. The summed E-state index contributed by atoms with van der Waals surface area (Å²) >= 11 is 7.92. The second-order valence-electron chi connectivity index (χ2n) is 12.8. The van der Waals surface area contributed by atoms with E-state index in [0.29, 0.717) is 19.4 Å². The van der Waals surface area contributed by atoms with Crippen LogP contribution in [0.4, 0.5) is 24.0 Å². The van der Waals surface area contributed by atoms with Gasteiger partial charge in [-0.25, -0.2) is 13.2 Å². The van der Waals surface area contributed by atoms with E-state index < -0.39 is 29.3 Å². The molecule has 10 nitrogen and oxygen atoms in total. The minimum atomic E-state index is -0.973. The Bertz CT molecular complexity index is 2070. The summed E-state index contributed by atoms with van der Waals surface area (Å²) in [5, 5.41) is 20.1. The van der Waals surface area contributed by atoms with Crippen molar-refractivity contribution in [1.82, 2.24) is 14.9 Å².